The predicted molar refractivity (Wildman–Crippen MR) is 101 cm³/mol. The van der Waals surface area contributed by atoms with Gasteiger partial charge in [0.25, 0.3) is 0 Å². The fourth-order valence-corrected chi connectivity index (χ4v) is 3.07. The molecule has 0 radical (unpaired) electrons. The second-order valence-electron chi connectivity index (χ2n) is 7.40. The van der Waals surface area contributed by atoms with Crippen LogP contribution in [-0.4, -0.2) is 75.6 Å². The molecule has 1 heterocycles. The summed E-state index contributed by atoms with van der Waals surface area (Å²) in [6, 6.07) is -3.95. The van der Waals surface area contributed by atoms with E-state index >= 15 is 0 Å². The van der Waals surface area contributed by atoms with Crippen LogP contribution in [-0.2, 0) is 19.2 Å². The van der Waals surface area contributed by atoms with Gasteiger partial charge in [0.1, 0.15) is 24.2 Å². The molecule has 6 atom stereocenters. The number of carbonyl (C=O) groups is 4. The van der Waals surface area contributed by atoms with E-state index in [-0.39, 0.29) is 5.92 Å². The summed E-state index contributed by atoms with van der Waals surface area (Å²) in [6.45, 7) is 6.80. The molecule has 0 bridgehead atoms. The number of carbonyl (C=O) groups excluding carboxylic acids is 3. The Hall–Kier alpha value is -2.20. The van der Waals surface area contributed by atoms with Crippen molar-refractivity contribution in [1.82, 2.24) is 15.5 Å². The molecule has 10 nitrogen and oxygen atoms in total. The summed E-state index contributed by atoms with van der Waals surface area (Å²) in [7, 11) is 0. The first-order valence-corrected chi connectivity index (χ1v) is 9.58. The summed E-state index contributed by atoms with van der Waals surface area (Å²) in [6.07, 6.45) is 0.471. The highest BCUT2D eigenvalue weighted by molar-refractivity contribution is 5.94. The number of hydrogen-bond donors (Lipinski definition) is 5. The van der Waals surface area contributed by atoms with Gasteiger partial charge in [-0.25, -0.2) is 4.79 Å². The molecular weight excluding hydrogens is 368 g/mol. The number of aliphatic carboxylic acids is 1. The first kappa shape index (κ1) is 23.8. The molecule has 1 aliphatic rings. The minimum absolute atomic E-state index is 0.244. The lowest BCUT2D eigenvalue weighted by Crippen LogP contribution is -2.59. The topological polar surface area (TPSA) is 162 Å². The largest absolute Gasteiger partial charge is 0.480 e. The van der Waals surface area contributed by atoms with Crippen molar-refractivity contribution >= 4 is 23.7 Å². The van der Waals surface area contributed by atoms with Gasteiger partial charge in [0.2, 0.25) is 17.7 Å². The highest BCUT2D eigenvalue weighted by Gasteiger charge is 2.37. The lowest BCUT2D eigenvalue weighted by atomic mass is 9.97. The Morgan fingerprint density at radius 2 is 1.75 bits per heavy atom. The van der Waals surface area contributed by atoms with Gasteiger partial charge in [-0.1, -0.05) is 20.3 Å². The van der Waals surface area contributed by atoms with Crippen LogP contribution in [0.2, 0.25) is 0 Å². The van der Waals surface area contributed by atoms with Crippen molar-refractivity contribution in [2.45, 2.75) is 77.2 Å². The molecule has 1 fully saturated rings. The smallest absolute Gasteiger partial charge is 0.326 e. The number of nitrogens with two attached hydrogens (primary N) is 1. The Balaban J connectivity index is 2.82. The molecule has 0 saturated carbocycles. The molecule has 0 aromatic heterocycles. The number of rotatable bonds is 9. The molecular formula is C18H32N4O6. The van der Waals surface area contributed by atoms with Crippen LogP contribution >= 0.6 is 0 Å². The second kappa shape index (κ2) is 10.4. The number of aliphatic hydroxyl groups excluding tert-OH is 1. The van der Waals surface area contributed by atoms with Gasteiger partial charge in [-0.15, -0.1) is 0 Å². The maximum Gasteiger partial charge on any atom is 0.326 e. The summed E-state index contributed by atoms with van der Waals surface area (Å²) in [5.41, 5.74) is 5.62. The summed E-state index contributed by atoms with van der Waals surface area (Å²) in [5.74, 6) is -3.02. The minimum atomic E-state index is -1.18. The van der Waals surface area contributed by atoms with Crippen molar-refractivity contribution in [3.05, 3.63) is 0 Å². The van der Waals surface area contributed by atoms with Gasteiger partial charge in [-0.2, -0.15) is 0 Å². The number of nitrogens with one attached hydrogen (secondary N) is 2. The third kappa shape index (κ3) is 5.90. The predicted octanol–water partition coefficient (Wildman–Crippen LogP) is -1.19. The van der Waals surface area contributed by atoms with Gasteiger partial charge in [0.05, 0.1) is 6.10 Å². The molecule has 0 aromatic rings. The zero-order valence-electron chi connectivity index (χ0n) is 16.8. The molecule has 6 N–H and O–H groups in total. The second-order valence-corrected chi connectivity index (χ2v) is 7.40. The average molecular weight is 400 g/mol. The Bertz CT molecular complexity index is 597. The van der Waals surface area contributed by atoms with Crippen LogP contribution in [0.5, 0.6) is 0 Å². The number of aliphatic hydroxyl groups is 1. The number of carboxylic acid groups (broad SMARTS) is 1. The van der Waals surface area contributed by atoms with Gasteiger partial charge < -0.3 is 31.5 Å². The van der Waals surface area contributed by atoms with E-state index in [4.69, 9.17) is 5.73 Å². The van der Waals surface area contributed by atoms with E-state index in [9.17, 15) is 29.4 Å². The first-order chi connectivity index (χ1) is 13.0. The molecule has 0 spiro atoms. The number of carboxylic acids is 1. The lowest BCUT2D eigenvalue weighted by molar-refractivity contribution is -0.149. The van der Waals surface area contributed by atoms with Crippen LogP contribution in [0.15, 0.2) is 0 Å². The van der Waals surface area contributed by atoms with Crippen molar-refractivity contribution < 1.29 is 29.4 Å². The highest BCUT2D eigenvalue weighted by Crippen LogP contribution is 2.18. The van der Waals surface area contributed by atoms with E-state index in [2.05, 4.69) is 10.6 Å². The van der Waals surface area contributed by atoms with Crippen molar-refractivity contribution in [3.8, 4) is 0 Å². The maximum atomic E-state index is 12.7. The van der Waals surface area contributed by atoms with Gasteiger partial charge >= 0.3 is 5.97 Å². The molecule has 0 aliphatic carbocycles. The van der Waals surface area contributed by atoms with E-state index in [0.29, 0.717) is 25.8 Å². The van der Waals surface area contributed by atoms with Crippen molar-refractivity contribution in [2.24, 2.45) is 11.7 Å². The minimum Gasteiger partial charge on any atom is -0.480 e. The van der Waals surface area contributed by atoms with E-state index < -0.39 is 54.0 Å². The van der Waals surface area contributed by atoms with E-state index in [1.54, 1.807) is 6.92 Å². The van der Waals surface area contributed by atoms with Crippen LogP contribution in [0.25, 0.3) is 0 Å². The SMILES string of the molecule is CCC(C)C(NC(=O)C(N)C(C)O)C(=O)NC(C)C(=O)N1CCCC1C(=O)O. The number of hydrogen-bond acceptors (Lipinski definition) is 6. The maximum absolute atomic E-state index is 12.7. The van der Waals surface area contributed by atoms with Crippen molar-refractivity contribution in [3.63, 3.8) is 0 Å². The summed E-state index contributed by atoms with van der Waals surface area (Å²) < 4.78 is 0. The Morgan fingerprint density at radius 1 is 1.14 bits per heavy atom. The third-order valence-electron chi connectivity index (χ3n) is 5.17. The van der Waals surface area contributed by atoms with Gasteiger partial charge in [-0.05, 0) is 32.6 Å². The summed E-state index contributed by atoms with van der Waals surface area (Å²) in [4.78, 5) is 50.0. The average Bonchev–Trinajstić information content (AvgIpc) is 3.13. The van der Waals surface area contributed by atoms with Crippen LogP contribution in [0, 0.1) is 5.92 Å². The normalized spacial score (nSPS) is 21.9. The molecule has 1 rings (SSSR count). The molecule has 3 amide bonds. The zero-order chi connectivity index (χ0) is 21.6. The molecule has 1 saturated heterocycles. The van der Waals surface area contributed by atoms with Gasteiger partial charge in [0.15, 0.2) is 0 Å². The number of nitrogens with zero attached hydrogens (tertiary/aromatic N) is 1. The van der Waals surface area contributed by atoms with E-state index in [1.807, 2.05) is 6.92 Å². The number of likely N-dealkylation sites (tertiary alicyclic amines) is 1. The van der Waals surface area contributed by atoms with Gasteiger partial charge in [0, 0.05) is 6.54 Å². The molecule has 160 valence electrons. The van der Waals surface area contributed by atoms with Crippen LogP contribution in [0.4, 0.5) is 0 Å². The number of amides is 3. The Kier molecular flexibility index (Phi) is 8.83. The zero-order valence-corrected chi connectivity index (χ0v) is 16.8. The third-order valence-corrected chi connectivity index (χ3v) is 5.17. The monoisotopic (exact) mass is 400 g/mol. The molecule has 28 heavy (non-hydrogen) atoms. The van der Waals surface area contributed by atoms with Gasteiger partial charge in [-0.3, -0.25) is 14.4 Å². The lowest BCUT2D eigenvalue weighted by Gasteiger charge is -2.29. The van der Waals surface area contributed by atoms with Crippen LogP contribution in [0.3, 0.4) is 0 Å². The van der Waals surface area contributed by atoms with E-state index in [0.717, 1.165) is 0 Å². The first-order valence-electron chi connectivity index (χ1n) is 9.58. The fourth-order valence-electron chi connectivity index (χ4n) is 3.07. The summed E-state index contributed by atoms with van der Waals surface area (Å²) in [5, 5.41) is 23.8. The Labute approximate surface area is 164 Å². The fraction of sp³-hybridized carbons (Fsp3) is 0.778. The standard InChI is InChI=1S/C18H32N4O6/c1-5-9(2)14(21-15(24)13(19)11(4)23)16(25)20-10(3)17(26)22-8-6-7-12(22)18(27)28/h9-14,23H,5-8,19H2,1-4H3,(H,20,25)(H,21,24)(H,27,28). The molecule has 0 aromatic carbocycles. The van der Waals surface area contributed by atoms with E-state index in [1.165, 1.54) is 18.7 Å². The Morgan fingerprint density at radius 3 is 2.25 bits per heavy atom. The quantitative estimate of drug-likeness (QED) is 0.325. The van der Waals surface area contributed by atoms with Crippen molar-refractivity contribution in [1.29, 1.82) is 0 Å². The molecule has 6 unspecified atom stereocenters. The van der Waals surface area contributed by atoms with Crippen LogP contribution < -0.4 is 16.4 Å². The van der Waals surface area contributed by atoms with Crippen molar-refractivity contribution in [2.75, 3.05) is 6.54 Å². The summed E-state index contributed by atoms with van der Waals surface area (Å²) >= 11 is 0. The molecule has 10 heteroatoms. The highest BCUT2D eigenvalue weighted by atomic mass is 16.4. The molecule has 1 aliphatic heterocycles. The van der Waals surface area contributed by atoms with Crippen LogP contribution in [0.1, 0.15) is 47.0 Å².